The van der Waals surface area contributed by atoms with Crippen molar-refractivity contribution in [3.8, 4) is 0 Å². The van der Waals surface area contributed by atoms with Gasteiger partial charge in [0.15, 0.2) is 0 Å². The average molecular weight is 435 g/mol. The smallest absolute Gasteiger partial charge is 0.254 e. The molecule has 0 spiro atoms. The Balaban J connectivity index is 1.47. The van der Waals surface area contributed by atoms with E-state index >= 15 is 0 Å². The van der Waals surface area contributed by atoms with Crippen LogP contribution in [0, 0.1) is 0 Å². The second kappa shape index (κ2) is 10.4. The van der Waals surface area contributed by atoms with Crippen LogP contribution in [-0.4, -0.2) is 36.0 Å². The van der Waals surface area contributed by atoms with Crippen molar-refractivity contribution in [2.24, 2.45) is 0 Å². The molecule has 2 heterocycles. The summed E-state index contributed by atoms with van der Waals surface area (Å²) < 4.78 is 5.45. The van der Waals surface area contributed by atoms with E-state index in [0.717, 1.165) is 24.1 Å². The molecule has 1 N–H and O–H groups in total. The van der Waals surface area contributed by atoms with Crippen molar-refractivity contribution >= 4 is 28.8 Å². The fourth-order valence-electron chi connectivity index (χ4n) is 3.67. The van der Waals surface area contributed by atoms with E-state index in [9.17, 15) is 9.59 Å². The van der Waals surface area contributed by atoms with Gasteiger partial charge in [-0.1, -0.05) is 42.5 Å². The lowest BCUT2D eigenvalue weighted by molar-refractivity contribution is -0.124. The lowest BCUT2D eigenvalue weighted by atomic mass is 10.1. The highest BCUT2D eigenvalue weighted by Crippen LogP contribution is 2.19. The van der Waals surface area contributed by atoms with Crippen LogP contribution in [0.15, 0.2) is 72.1 Å². The summed E-state index contributed by atoms with van der Waals surface area (Å²) in [5.41, 5.74) is 2.38. The van der Waals surface area contributed by atoms with E-state index < -0.39 is 6.10 Å². The number of nitrogens with one attached hydrogen (secondary N) is 1. The Morgan fingerprint density at radius 1 is 1.06 bits per heavy atom. The molecule has 1 atom stereocenters. The third-order valence-corrected chi connectivity index (χ3v) is 6.19. The van der Waals surface area contributed by atoms with Crippen LogP contribution in [-0.2, 0) is 22.5 Å². The van der Waals surface area contributed by atoms with Gasteiger partial charge in [0.25, 0.3) is 11.8 Å². The Morgan fingerprint density at radius 3 is 2.68 bits per heavy atom. The largest absolute Gasteiger partial charge is 0.368 e. The highest BCUT2D eigenvalue weighted by molar-refractivity contribution is 7.09. The normalized spacial score (nSPS) is 15.5. The van der Waals surface area contributed by atoms with Crippen LogP contribution >= 0.6 is 11.3 Å². The second-order valence-electron chi connectivity index (χ2n) is 7.61. The van der Waals surface area contributed by atoms with Crippen molar-refractivity contribution in [2.45, 2.75) is 31.9 Å². The summed E-state index contributed by atoms with van der Waals surface area (Å²) in [5.74, 6) is -0.195. The van der Waals surface area contributed by atoms with Gasteiger partial charge in [0, 0.05) is 29.3 Å². The molecule has 31 heavy (non-hydrogen) atoms. The van der Waals surface area contributed by atoms with Crippen molar-refractivity contribution in [1.29, 1.82) is 0 Å². The zero-order valence-corrected chi connectivity index (χ0v) is 18.1. The Bertz CT molecular complexity index is 999. The third-order valence-electron chi connectivity index (χ3n) is 5.33. The van der Waals surface area contributed by atoms with Crippen molar-refractivity contribution in [1.82, 2.24) is 4.90 Å². The molecule has 1 aromatic heterocycles. The first-order chi connectivity index (χ1) is 15.2. The molecule has 1 aliphatic rings. The molecule has 6 heteroatoms. The van der Waals surface area contributed by atoms with E-state index in [1.54, 1.807) is 35.6 Å². The van der Waals surface area contributed by atoms with Gasteiger partial charge < -0.3 is 15.0 Å². The van der Waals surface area contributed by atoms with E-state index in [-0.39, 0.29) is 11.8 Å². The molecular weight excluding hydrogens is 408 g/mol. The van der Waals surface area contributed by atoms with Gasteiger partial charge in [-0.15, -0.1) is 11.3 Å². The van der Waals surface area contributed by atoms with Crippen LogP contribution in [0.5, 0.6) is 0 Å². The van der Waals surface area contributed by atoms with Crippen LogP contribution in [0.4, 0.5) is 5.69 Å². The number of hydrogen-bond acceptors (Lipinski definition) is 4. The summed E-state index contributed by atoms with van der Waals surface area (Å²) in [7, 11) is 0. The second-order valence-corrected chi connectivity index (χ2v) is 8.65. The minimum Gasteiger partial charge on any atom is -0.368 e. The predicted octanol–water partition coefficient (Wildman–Crippen LogP) is 4.75. The maximum Gasteiger partial charge on any atom is 0.254 e. The number of benzene rings is 2. The van der Waals surface area contributed by atoms with E-state index in [1.807, 2.05) is 40.6 Å². The lowest BCUT2D eigenvalue weighted by Gasteiger charge is -2.23. The topological polar surface area (TPSA) is 58.6 Å². The molecule has 1 fully saturated rings. The average Bonchev–Trinajstić information content (AvgIpc) is 3.51. The molecule has 1 aliphatic heterocycles. The van der Waals surface area contributed by atoms with Crippen LogP contribution < -0.4 is 5.32 Å². The summed E-state index contributed by atoms with van der Waals surface area (Å²) in [6.07, 6.45) is 2.02. The first kappa shape index (κ1) is 21.3. The standard InChI is InChI=1S/C25H26N2O3S/c28-24(23-12-5-15-30-23)26-21-10-4-9-20(17-21)25(29)27(18-22-11-6-16-31-22)14-13-19-7-2-1-3-8-19/h1-4,6-11,16-17,23H,5,12-15,18H2,(H,26,28)/t23-/m0/s1. The zero-order chi connectivity index (χ0) is 21.5. The number of nitrogens with zero attached hydrogens (tertiary/aromatic N) is 1. The van der Waals surface area contributed by atoms with Crippen molar-refractivity contribution < 1.29 is 14.3 Å². The van der Waals surface area contributed by atoms with Crippen LogP contribution in [0.25, 0.3) is 0 Å². The first-order valence-corrected chi connectivity index (χ1v) is 11.4. The molecule has 0 saturated carbocycles. The Morgan fingerprint density at radius 2 is 1.94 bits per heavy atom. The fourth-order valence-corrected chi connectivity index (χ4v) is 4.39. The minimum atomic E-state index is -0.402. The van der Waals surface area contributed by atoms with E-state index in [2.05, 4.69) is 17.4 Å². The van der Waals surface area contributed by atoms with Crippen molar-refractivity contribution in [3.63, 3.8) is 0 Å². The van der Waals surface area contributed by atoms with Crippen LogP contribution in [0.3, 0.4) is 0 Å². The maximum absolute atomic E-state index is 13.4. The number of anilines is 1. The zero-order valence-electron chi connectivity index (χ0n) is 17.3. The molecule has 160 valence electrons. The summed E-state index contributed by atoms with van der Waals surface area (Å²) >= 11 is 1.65. The Hall–Kier alpha value is -2.96. The van der Waals surface area contributed by atoms with Gasteiger partial charge in [-0.2, -0.15) is 0 Å². The highest BCUT2D eigenvalue weighted by Gasteiger charge is 2.24. The molecule has 3 aromatic rings. The number of carbonyl (C=O) groups excluding carboxylic acids is 2. The molecule has 5 nitrogen and oxygen atoms in total. The van der Waals surface area contributed by atoms with Gasteiger partial charge in [-0.25, -0.2) is 0 Å². The third kappa shape index (κ3) is 5.81. The number of carbonyl (C=O) groups is 2. The maximum atomic E-state index is 13.4. The van der Waals surface area contributed by atoms with E-state index in [1.165, 1.54) is 5.56 Å². The van der Waals surface area contributed by atoms with Crippen LogP contribution in [0.1, 0.15) is 33.6 Å². The lowest BCUT2D eigenvalue weighted by Crippen LogP contribution is -2.32. The minimum absolute atomic E-state index is 0.0439. The van der Waals surface area contributed by atoms with Gasteiger partial charge in [-0.05, 0) is 54.5 Å². The van der Waals surface area contributed by atoms with Crippen molar-refractivity contribution in [3.05, 3.63) is 88.1 Å². The number of hydrogen-bond donors (Lipinski definition) is 1. The van der Waals surface area contributed by atoms with Gasteiger partial charge >= 0.3 is 0 Å². The molecule has 4 rings (SSSR count). The monoisotopic (exact) mass is 434 g/mol. The summed E-state index contributed by atoms with van der Waals surface area (Å²) in [4.78, 5) is 28.8. The van der Waals surface area contributed by atoms with Crippen molar-refractivity contribution in [2.75, 3.05) is 18.5 Å². The van der Waals surface area contributed by atoms with E-state index in [4.69, 9.17) is 4.74 Å². The molecular formula is C25H26N2O3S. The summed E-state index contributed by atoms with van der Waals surface area (Å²) in [6, 6.07) is 21.4. The molecule has 0 unspecified atom stereocenters. The molecule has 2 amide bonds. The quantitative estimate of drug-likeness (QED) is 0.557. The van der Waals surface area contributed by atoms with Gasteiger partial charge in [0.1, 0.15) is 6.10 Å². The highest BCUT2D eigenvalue weighted by atomic mass is 32.1. The number of ether oxygens (including phenoxy) is 1. The fraction of sp³-hybridized carbons (Fsp3) is 0.280. The molecule has 2 aromatic carbocycles. The Labute approximate surface area is 186 Å². The van der Waals surface area contributed by atoms with Crippen LogP contribution in [0.2, 0.25) is 0 Å². The molecule has 0 bridgehead atoms. The number of thiophene rings is 1. The van der Waals surface area contributed by atoms with Gasteiger partial charge in [-0.3, -0.25) is 9.59 Å². The molecule has 0 radical (unpaired) electrons. The number of rotatable bonds is 8. The molecule has 0 aliphatic carbocycles. The van der Waals surface area contributed by atoms with E-state index in [0.29, 0.717) is 30.9 Å². The van der Waals surface area contributed by atoms with Gasteiger partial charge in [0.2, 0.25) is 0 Å². The summed E-state index contributed by atoms with van der Waals surface area (Å²) in [5, 5.41) is 4.91. The first-order valence-electron chi connectivity index (χ1n) is 10.6. The molecule has 1 saturated heterocycles. The summed E-state index contributed by atoms with van der Waals surface area (Å²) in [6.45, 7) is 1.80. The van der Waals surface area contributed by atoms with Gasteiger partial charge in [0.05, 0.1) is 6.54 Å². The predicted molar refractivity (Wildman–Crippen MR) is 123 cm³/mol. The SMILES string of the molecule is O=C(Nc1cccc(C(=O)N(CCc2ccccc2)Cc2cccs2)c1)[C@@H]1CCCO1. The number of amides is 2. The Kier molecular flexibility index (Phi) is 7.12.